The van der Waals surface area contributed by atoms with Gasteiger partial charge >= 0.3 is 18.1 Å². The van der Waals surface area contributed by atoms with E-state index in [1.54, 1.807) is 6.07 Å². The summed E-state index contributed by atoms with van der Waals surface area (Å²) in [6.07, 6.45) is -6.22. The van der Waals surface area contributed by atoms with E-state index in [9.17, 15) is 36.3 Å². The smallest absolute Gasteiger partial charge is 0.459 e. The van der Waals surface area contributed by atoms with Gasteiger partial charge in [0.05, 0.1) is 18.2 Å². The molecule has 0 bridgehead atoms. The number of primary amides is 1. The molecule has 0 spiro atoms. The van der Waals surface area contributed by atoms with Crippen molar-refractivity contribution in [3.8, 4) is 12.1 Å². The molecule has 1 aromatic rings. The molecule has 0 aliphatic carbocycles. The van der Waals surface area contributed by atoms with Crippen molar-refractivity contribution in [1.29, 1.82) is 10.5 Å². The third-order valence-electron chi connectivity index (χ3n) is 2.58. The molecule has 13 heteroatoms. The van der Waals surface area contributed by atoms with E-state index in [1.165, 1.54) is 18.0 Å². The van der Waals surface area contributed by atoms with Crippen LogP contribution in [0.5, 0.6) is 0 Å². The number of alkyl halides is 5. The van der Waals surface area contributed by atoms with E-state index in [2.05, 4.69) is 10.5 Å². The predicted octanol–water partition coefficient (Wildman–Crippen LogP) is 1.46. The monoisotopic (exact) mass is 394 g/mol. The Morgan fingerprint density at radius 1 is 1.26 bits per heavy atom. The topological polar surface area (TPSA) is 150 Å². The molecule has 1 heterocycles. The number of nitriles is 2. The van der Waals surface area contributed by atoms with E-state index in [0.717, 1.165) is 0 Å². The molecule has 1 aromatic heterocycles. The number of rotatable bonds is 4. The number of esters is 1. The number of carbonyl (C=O) groups is 2. The first kappa shape index (κ1) is 23.5. The third-order valence-corrected chi connectivity index (χ3v) is 2.58. The van der Waals surface area contributed by atoms with E-state index in [-0.39, 0.29) is 13.0 Å². The fourth-order valence-electron chi connectivity index (χ4n) is 1.45. The molecule has 27 heavy (non-hydrogen) atoms. The van der Waals surface area contributed by atoms with Crippen LogP contribution >= 0.6 is 0 Å². The molecule has 0 aromatic carbocycles. The van der Waals surface area contributed by atoms with Crippen LogP contribution in [0.1, 0.15) is 35.0 Å². The van der Waals surface area contributed by atoms with Crippen molar-refractivity contribution in [1.82, 2.24) is 4.98 Å². The van der Waals surface area contributed by atoms with Crippen LogP contribution in [0.4, 0.5) is 22.0 Å². The molecule has 146 valence electrons. The summed E-state index contributed by atoms with van der Waals surface area (Å²) in [6.45, 7) is 1.01. The first-order valence-electron chi connectivity index (χ1n) is 6.78. The van der Waals surface area contributed by atoms with Gasteiger partial charge in [-0.25, -0.2) is 4.79 Å². The second-order valence-electron chi connectivity index (χ2n) is 4.51. The number of hydrogen-bond acceptors (Lipinski definition) is 6. The zero-order valence-electron chi connectivity index (χ0n) is 13.5. The summed E-state index contributed by atoms with van der Waals surface area (Å²) in [4.78, 5) is 33.5. The standard InChI is InChI=1S/C11H7F5N2O3.C3H4N2O/c1-2-21-9(20)6-3-5(4-17)8(19)18-7(6)10(12,13)11(14,15)16;4-2-1-3(5)6/h3H,2H2,1H3,(H,18,19);1H2,(H2,5,6). The lowest BCUT2D eigenvalue weighted by Crippen LogP contribution is -2.38. The minimum absolute atomic E-state index is 0.181. The Bertz CT molecular complexity index is 849. The van der Waals surface area contributed by atoms with Gasteiger partial charge < -0.3 is 15.5 Å². The molecule has 0 unspecified atom stereocenters. The van der Waals surface area contributed by atoms with Crippen molar-refractivity contribution < 1.29 is 36.3 Å². The zero-order valence-corrected chi connectivity index (χ0v) is 13.5. The van der Waals surface area contributed by atoms with Crippen molar-refractivity contribution in [3.63, 3.8) is 0 Å². The van der Waals surface area contributed by atoms with E-state index >= 15 is 0 Å². The number of H-pyrrole nitrogens is 1. The molecule has 8 nitrogen and oxygen atoms in total. The highest BCUT2D eigenvalue weighted by Crippen LogP contribution is 2.44. The molecular formula is C14H11F5N4O4. The average Bonchev–Trinajstić information content (AvgIpc) is 2.54. The van der Waals surface area contributed by atoms with Crippen molar-refractivity contribution >= 4 is 11.9 Å². The number of aromatic amines is 1. The lowest BCUT2D eigenvalue weighted by molar-refractivity contribution is -0.291. The number of nitrogens with two attached hydrogens (primary N) is 1. The first-order chi connectivity index (χ1) is 12.3. The number of nitrogens with zero attached hydrogens (tertiary/aromatic N) is 2. The number of nitrogens with one attached hydrogen (secondary N) is 1. The van der Waals surface area contributed by atoms with Crippen LogP contribution in [0.2, 0.25) is 0 Å². The fraction of sp³-hybridized carbons (Fsp3) is 0.357. The van der Waals surface area contributed by atoms with Gasteiger partial charge in [0.2, 0.25) is 5.91 Å². The SMILES string of the molecule is CCOC(=O)c1cc(C#N)c(=O)[nH]c1C(F)(F)C(F)(F)F.N#CCC(N)=O. The summed E-state index contributed by atoms with van der Waals surface area (Å²) in [7, 11) is 0. The van der Waals surface area contributed by atoms with Gasteiger partial charge in [-0.05, 0) is 13.0 Å². The van der Waals surface area contributed by atoms with E-state index in [4.69, 9.17) is 10.5 Å². The Morgan fingerprint density at radius 2 is 1.81 bits per heavy atom. The number of ether oxygens (including phenoxy) is 1. The van der Waals surface area contributed by atoms with Crippen LogP contribution < -0.4 is 11.3 Å². The molecule has 1 rings (SSSR count). The second kappa shape index (κ2) is 9.28. The molecule has 0 aliphatic rings. The number of carbonyl (C=O) groups excluding carboxylic acids is 2. The normalized spacial score (nSPS) is 10.7. The van der Waals surface area contributed by atoms with Crippen LogP contribution in [-0.2, 0) is 15.5 Å². The number of hydrogen-bond donors (Lipinski definition) is 2. The fourth-order valence-corrected chi connectivity index (χ4v) is 1.45. The van der Waals surface area contributed by atoms with Crippen molar-refractivity contribution in [2.75, 3.05) is 6.61 Å². The van der Waals surface area contributed by atoms with Crippen molar-refractivity contribution in [2.24, 2.45) is 5.73 Å². The van der Waals surface area contributed by atoms with Crippen molar-refractivity contribution in [2.45, 2.75) is 25.4 Å². The molecule has 3 N–H and O–H groups in total. The summed E-state index contributed by atoms with van der Waals surface area (Å²) < 4.78 is 68.2. The summed E-state index contributed by atoms with van der Waals surface area (Å²) in [5, 5.41) is 16.3. The Labute approximate surface area is 147 Å². The first-order valence-corrected chi connectivity index (χ1v) is 6.78. The number of amides is 1. The summed E-state index contributed by atoms with van der Waals surface area (Å²) in [6, 6.07) is 3.20. The second-order valence-corrected chi connectivity index (χ2v) is 4.51. The van der Waals surface area contributed by atoms with Gasteiger partial charge in [-0.1, -0.05) is 0 Å². The number of halogens is 5. The maximum atomic E-state index is 13.4. The van der Waals surface area contributed by atoms with Gasteiger partial charge in [-0.2, -0.15) is 32.5 Å². The van der Waals surface area contributed by atoms with Gasteiger partial charge in [0, 0.05) is 0 Å². The third kappa shape index (κ3) is 6.07. The summed E-state index contributed by atoms with van der Waals surface area (Å²) >= 11 is 0. The summed E-state index contributed by atoms with van der Waals surface area (Å²) in [5.74, 6) is -7.57. The highest BCUT2D eigenvalue weighted by molar-refractivity contribution is 5.91. The molecule has 0 saturated heterocycles. The lowest BCUT2D eigenvalue weighted by atomic mass is 10.1. The molecule has 0 atom stereocenters. The van der Waals surface area contributed by atoms with Gasteiger partial charge in [0.15, 0.2) is 0 Å². The van der Waals surface area contributed by atoms with E-state index < -0.39 is 46.4 Å². The maximum absolute atomic E-state index is 13.4. The van der Waals surface area contributed by atoms with E-state index in [0.29, 0.717) is 6.07 Å². The van der Waals surface area contributed by atoms with Crippen LogP contribution in [0.3, 0.4) is 0 Å². The molecular weight excluding hydrogens is 383 g/mol. The highest BCUT2D eigenvalue weighted by Gasteiger charge is 2.61. The molecule has 0 radical (unpaired) electrons. The zero-order chi connectivity index (χ0) is 21.4. The predicted molar refractivity (Wildman–Crippen MR) is 77.1 cm³/mol. The number of aromatic nitrogens is 1. The van der Waals surface area contributed by atoms with Gasteiger partial charge in [0.25, 0.3) is 5.56 Å². The van der Waals surface area contributed by atoms with Crippen molar-refractivity contribution in [3.05, 3.63) is 33.2 Å². The Kier molecular flexibility index (Phi) is 8.09. The van der Waals surface area contributed by atoms with Crippen LogP contribution in [0, 0.1) is 22.7 Å². The lowest BCUT2D eigenvalue weighted by Gasteiger charge is -2.21. The van der Waals surface area contributed by atoms with Crippen LogP contribution in [0.25, 0.3) is 0 Å². The minimum Gasteiger partial charge on any atom is -0.462 e. The molecule has 0 saturated carbocycles. The van der Waals surface area contributed by atoms with Crippen LogP contribution in [-0.4, -0.2) is 29.6 Å². The molecule has 0 aliphatic heterocycles. The Morgan fingerprint density at radius 3 is 2.15 bits per heavy atom. The van der Waals surface area contributed by atoms with Crippen LogP contribution in [0.15, 0.2) is 10.9 Å². The van der Waals surface area contributed by atoms with Gasteiger partial charge in [-0.3, -0.25) is 9.59 Å². The largest absolute Gasteiger partial charge is 0.462 e. The Balaban J connectivity index is 0.000000972. The highest BCUT2D eigenvalue weighted by atomic mass is 19.4. The maximum Gasteiger partial charge on any atom is 0.459 e. The van der Waals surface area contributed by atoms with Gasteiger partial charge in [-0.15, -0.1) is 0 Å². The van der Waals surface area contributed by atoms with E-state index in [1.807, 2.05) is 0 Å². The quantitative estimate of drug-likeness (QED) is 0.583. The summed E-state index contributed by atoms with van der Waals surface area (Å²) in [5.41, 5.74) is -0.906. The average molecular weight is 394 g/mol. The molecule has 1 amide bonds. The minimum atomic E-state index is -6.04. The molecule has 0 fully saturated rings. The Hall–Kier alpha value is -3.48. The van der Waals surface area contributed by atoms with Gasteiger partial charge in [0.1, 0.15) is 23.7 Å². The number of pyridine rings is 1.